The second-order valence-electron chi connectivity index (χ2n) is 18.9. The van der Waals surface area contributed by atoms with Crippen LogP contribution in [0, 0.1) is 17.8 Å². The van der Waals surface area contributed by atoms with Crippen LogP contribution in [0.5, 0.6) is 0 Å². The molecule has 322 valence electrons. The van der Waals surface area contributed by atoms with Crippen molar-refractivity contribution in [3.05, 3.63) is 36.0 Å². The number of carbonyl (C=O) groups is 1. The fourth-order valence-corrected chi connectivity index (χ4v) is 10.5. The van der Waals surface area contributed by atoms with Gasteiger partial charge in [-0.3, -0.25) is 0 Å². The van der Waals surface area contributed by atoms with Crippen LogP contribution in [0.4, 0.5) is 0 Å². The summed E-state index contributed by atoms with van der Waals surface area (Å²) in [6.07, 6.45) is 9.10. The molecule has 17 atom stereocenters. The topological polar surface area (TPSA) is 186 Å². The molecule has 6 saturated heterocycles. The number of rotatable bonds is 10. The molecule has 0 aromatic heterocycles. The molecule has 0 amide bonds. The summed E-state index contributed by atoms with van der Waals surface area (Å²) in [6, 6.07) is 0. The minimum atomic E-state index is -2.07. The van der Waals surface area contributed by atoms with E-state index in [0.29, 0.717) is 56.4 Å². The zero-order chi connectivity index (χ0) is 40.9. The Morgan fingerprint density at radius 2 is 1.76 bits per heavy atom. The van der Waals surface area contributed by atoms with Gasteiger partial charge in [0, 0.05) is 38.0 Å². The van der Waals surface area contributed by atoms with Crippen LogP contribution in [-0.2, 0) is 38.0 Å². The number of aliphatic hydroxyl groups is 4. The number of aliphatic hydroxyl groups excluding tert-OH is 3. The van der Waals surface area contributed by atoms with Crippen molar-refractivity contribution >= 4 is 5.97 Å². The van der Waals surface area contributed by atoms with Crippen molar-refractivity contribution in [3.63, 3.8) is 0 Å². The van der Waals surface area contributed by atoms with Crippen molar-refractivity contribution in [2.45, 2.75) is 209 Å². The smallest absolute Gasteiger partial charge is 0.547 e. The standard InChI is InChI=1S/C44H68O13.Na/c1-25-21-34(55-44(23-25)35(46)12-11-31(54-44)24-41(6,50)40(48)49)26(2)9-10-30-14-18-43(53-30)19-15-33-39(57-43)36(47)29(5)38(52-33)32(45)22-28(4)37-27(3)13-17-42(56-37)16-7-8-20-51-42;/h9-10,23,26-28,30-39,45-47,50H,5,7-8,11-22,24H2,1-4,6H3,(H,48,49);/q;+1/p-1. The van der Waals surface area contributed by atoms with E-state index < -0.39 is 71.7 Å². The van der Waals surface area contributed by atoms with Gasteiger partial charge in [0.15, 0.2) is 11.6 Å². The molecule has 0 aromatic rings. The molecule has 0 aliphatic carbocycles. The third-order valence-electron chi connectivity index (χ3n) is 14.0. The second-order valence-corrected chi connectivity index (χ2v) is 18.9. The molecular weight excluding hydrogens is 759 g/mol. The molecule has 6 fully saturated rings. The first-order valence-corrected chi connectivity index (χ1v) is 21.6. The predicted molar refractivity (Wildman–Crippen MR) is 205 cm³/mol. The van der Waals surface area contributed by atoms with Crippen molar-refractivity contribution in [2.24, 2.45) is 17.8 Å². The van der Waals surface area contributed by atoms with E-state index >= 15 is 0 Å². The normalized spacial score (nSPS) is 44.6. The van der Waals surface area contributed by atoms with Crippen molar-refractivity contribution in [3.8, 4) is 0 Å². The van der Waals surface area contributed by atoms with Gasteiger partial charge in [-0.05, 0) is 95.1 Å². The number of hydrogen-bond donors (Lipinski definition) is 4. The Labute approximate surface area is 366 Å². The van der Waals surface area contributed by atoms with Gasteiger partial charge in [-0.1, -0.05) is 45.1 Å². The molecule has 58 heavy (non-hydrogen) atoms. The van der Waals surface area contributed by atoms with Crippen LogP contribution in [0.3, 0.4) is 0 Å². The fraction of sp³-hybridized carbons (Fsp3) is 0.841. The van der Waals surface area contributed by atoms with Crippen LogP contribution in [0.25, 0.3) is 0 Å². The maximum absolute atomic E-state index is 11.5. The van der Waals surface area contributed by atoms with Gasteiger partial charge in [0.25, 0.3) is 0 Å². The third-order valence-corrected chi connectivity index (χ3v) is 14.0. The number of fused-ring (bicyclic) bond motifs is 1. The van der Waals surface area contributed by atoms with E-state index in [0.717, 1.165) is 50.7 Å². The van der Waals surface area contributed by atoms with E-state index in [9.17, 15) is 30.3 Å². The second kappa shape index (κ2) is 18.5. The van der Waals surface area contributed by atoms with Crippen LogP contribution in [-0.4, -0.2) is 117 Å². The maximum Gasteiger partial charge on any atom is 1.00 e. The van der Waals surface area contributed by atoms with Crippen LogP contribution < -0.4 is 34.7 Å². The van der Waals surface area contributed by atoms with Crippen LogP contribution in [0.2, 0.25) is 0 Å². The average Bonchev–Trinajstić information content (AvgIpc) is 3.56. The first-order valence-electron chi connectivity index (χ1n) is 21.6. The number of carboxylic acid groups (broad SMARTS) is 1. The Balaban J connectivity index is 0.00000567. The number of carbonyl (C=O) groups excluding carboxylic acids is 1. The Kier molecular flexibility index (Phi) is 14.9. The minimum absolute atomic E-state index is 0. The zero-order valence-corrected chi connectivity index (χ0v) is 37.5. The van der Waals surface area contributed by atoms with Crippen molar-refractivity contribution in [1.29, 1.82) is 0 Å². The molecule has 4 N–H and O–H groups in total. The Morgan fingerprint density at radius 1 is 1.02 bits per heavy atom. The minimum Gasteiger partial charge on any atom is -0.547 e. The summed E-state index contributed by atoms with van der Waals surface area (Å²) >= 11 is 0. The molecule has 7 aliphatic rings. The van der Waals surface area contributed by atoms with Gasteiger partial charge < -0.3 is 63.5 Å². The Hall–Kier alpha value is -0.750. The van der Waals surface area contributed by atoms with Gasteiger partial charge in [-0.15, -0.1) is 0 Å². The summed E-state index contributed by atoms with van der Waals surface area (Å²) in [5, 5.41) is 56.0. The molecule has 0 radical (unpaired) electrons. The molecule has 7 rings (SSSR count). The summed E-state index contributed by atoms with van der Waals surface area (Å²) in [6.45, 7) is 14.4. The maximum atomic E-state index is 11.5. The summed E-state index contributed by atoms with van der Waals surface area (Å²) in [5.74, 6) is -4.11. The molecule has 14 heteroatoms. The fourth-order valence-electron chi connectivity index (χ4n) is 10.5. The van der Waals surface area contributed by atoms with Gasteiger partial charge >= 0.3 is 29.6 Å². The van der Waals surface area contributed by atoms with Crippen molar-refractivity contribution in [2.75, 3.05) is 6.61 Å². The molecule has 13 nitrogen and oxygen atoms in total. The molecule has 0 saturated carbocycles. The number of hydrogen-bond acceptors (Lipinski definition) is 13. The molecular formula is C44H67NaO13. The van der Waals surface area contributed by atoms with E-state index in [2.05, 4.69) is 20.4 Å². The van der Waals surface area contributed by atoms with Gasteiger partial charge in [0.1, 0.15) is 30.0 Å². The summed E-state index contributed by atoms with van der Waals surface area (Å²) in [4.78, 5) is 11.5. The Morgan fingerprint density at radius 3 is 2.48 bits per heavy atom. The van der Waals surface area contributed by atoms with Gasteiger partial charge in [0.05, 0.1) is 49.2 Å². The molecule has 0 aromatic carbocycles. The quantitative estimate of drug-likeness (QED) is 0.180. The largest absolute Gasteiger partial charge is 1.00 e. The number of aliphatic carboxylic acids is 1. The predicted octanol–water partition coefficient (Wildman–Crippen LogP) is 0.883. The monoisotopic (exact) mass is 826 g/mol. The van der Waals surface area contributed by atoms with E-state index in [1.165, 1.54) is 6.92 Å². The third kappa shape index (κ3) is 9.89. The molecule has 0 bridgehead atoms. The van der Waals surface area contributed by atoms with Crippen LogP contribution in [0.15, 0.2) is 36.0 Å². The zero-order valence-electron chi connectivity index (χ0n) is 35.5. The summed E-state index contributed by atoms with van der Waals surface area (Å²) < 4.78 is 45.2. The number of ether oxygens (including phenoxy) is 7. The van der Waals surface area contributed by atoms with Crippen molar-refractivity contribution < 1.29 is 93.0 Å². The number of carboxylic acids is 1. The van der Waals surface area contributed by atoms with Crippen LogP contribution >= 0.6 is 0 Å². The molecule has 7 aliphatic heterocycles. The average molecular weight is 827 g/mol. The SMILES string of the molecule is C=C1C(O)C2OC3(CCC(C=CC(C)C4CC(C)=CC5(OC(CC(C)(O)C(=O)[O-])CCC5O)O4)O3)CCC2OC1C(O)CC(C)C1OC2(CCCCO2)CCC1C.[Na+]. The summed E-state index contributed by atoms with van der Waals surface area (Å²) in [5.41, 5.74) is -0.677. The molecule has 7 heterocycles. The van der Waals surface area contributed by atoms with Gasteiger partial charge in [-0.25, -0.2) is 0 Å². The van der Waals surface area contributed by atoms with Crippen molar-refractivity contribution in [1.82, 2.24) is 0 Å². The van der Waals surface area contributed by atoms with Crippen LogP contribution in [0.1, 0.15) is 125 Å². The van der Waals surface area contributed by atoms with E-state index in [1.54, 1.807) is 6.08 Å². The first-order chi connectivity index (χ1) is 26.9. The van der Waals surface area contributed by atoms with Gasteiger partial charge in [-0.2, -0.15) is 0 Å². The van der Waals surface area contributed by atoms with E-state index in [1.807, 2.05) is 26.0 Å². The van der Waals surface area contributed by atoms with E-state index in [-0.39, 0.29) is 66.1 Å². The molecule has 3 spiro atoms. The van der Waals surface area contributed by atoms with E-state index in [4.69, 9.17) is 33.2 Å². The molecule has 17 unspecified atom stereocenters. The Bertz CT molecular complexity index is 1510. The first kappa shape index (κ1) is 46.7. The summed E-state index contributed by atoms with van der Waals surface area (Å²) in [7, 11) is 0. The van der Waals surface area contributed by atoms with Gasteiger partial charge in [0.2, 0.25) is 5.79 Å².